The normalized spacial score (nSPS) is 12.9. The van der Waals surface area contributed by atoms with Crippen molar-refractivity contribution in [2.24, 2.45) is 0 Å². The molecule has 0 saturated heterocycles. The number of rotatable bonds is 40. The highest BCUT2D eigenvalue weighted by Gasteiger charge is 2.19. The van der Waals surface area contributed by atoms with E-state index in [1.807, 2.05) is 0 Å². The Hall–Kier alpha value is -3.67. The molecule has 0 amide bonds. The van der Waals surface area contributed by atoms with Crippen LogP contribution in [0.15, 0.2) is 97.2 Å². The molecule has 6 nitrogen and oxygen atoms in total. The van der Waals surface area contributed by atoms with Crippen LogP contribution in [0.1, 0.15) is 194 Å². The summed E-state index contributed by atoms with van der Waals surface area (Å²) in [5.74, 6) is -0.985. The summed E-state index contributed by atoms with van der Waals surface area (Å²) in [6.45, 7) is 6.21. The van der Waals surface area contributed by atoms with Gasteiger partial charge in [-0.2, -0.15) is 0 Å². The molecule has 0 aromatic heterocycles. The Bertz CT molecular complexity index is 1200. The first kappa shape index (κ1) is 54.3. The van der Waals surface area contributed by atoms with Crippen molar-refractivity contribution in [2.75, 3.05) is 13.2 Å². The van der Waals surface area contributed by atoms with Gasteiger partial charge in [-0.15, -0.1) is 0 Å². The van der Waals surface area contributed by atoms with E-state index in [1.165, 1.54) is 25.7 Å². The molecule has 58 heavy (non-hydrogen) atoms. The van der Waals surface area contributed by atoms with Gasteiger partial charge in [0.1, 0.15) is 13.2 Å². The van der Waals surface area contributed by atoms with Crippen molar-refractivity contribution in [1.29, 1.82) is 0 Å². The second-order valence-corrected chi connectivity index (χ2v) is 14.9. The first-order valence-corrected chi connectivity index (χ1v) is 23.2. The van der Waals surface area contributed by atoms with Gasteiger partial charge in [0.15, 0.2) is 6.10 Å². The maximum atomic E-state index is 12.7. The molecule has 6 heteroatoms. The van der Waals surface area contributed by atoms with E-state index in [1.54, 1.807) is 0 Å². The molecule has 1 atom stereocenters. The van der Waals surface area contributed by atoms with Crippen molar-refractivity contribution in [1.82, 2.24) is 0 Å². The number of hydrogen-bond acceptors (Lipinski definition) is 6. The van der Waals surface area contributed by atoms with Crippen LogP contribution in [0.3, 0.4) is 0 Å². The van der Waals surface area contributed by atoms with Crippen molar-refractivity contribution in [3.05, 3.63) is 97.2 Å². The number of carbonyl (C=O) groups is 3. The maximum absolute atomic E-state index is 12.7. The zero-order valence-corrected chi connectivity index (χ0v) is 37.3. The molecule has 0 aliphatic heterocycles. The topological polar surface area (TPSA) is 78.9 Å². The average molecular weight is 805 g/mol. The molecule has 0 rings (SSSR count). The summed E-state index contributed by atoms with van der Waals surface area (Å²) in [5, 5.41) is 0. The van der Waals surface area contributed by atoms with Gasteiger partial charge in [0.25, 0.3) is 0 Å². The van der Waals surface area contributed by atoms with E-state index >= 15 is 0 Å². The first-order chi connectivity index (χ1) is 28.5. The van der Waals surface area contributed by atoms with Crippen molar-refractivity contribution in [2.45, 2.75) is 200 Å². The second-order valence-electron chi connectivity index (χ2n) is 14.9. The van der Waals surface area contributed by atoms with Gasteiger partial charge in [-0.1, -0.05) is 163 Å². The molecule has 0 fully saturated rings. The van der Waals surface area contributed by atoms with E-state index < -0.39 is 6.10 Å². The maximum Gasteiger partial charge on any atom is 0.306 e. The second kappa shape index (κ2) is 46.0. The largest absolute Gasteiger partial charge is 0.462 e. The third-order valence-corrected chi connectivity index (χ3v) is 9.31. The van der Waals surface area contributed by atoms with Crippen LogP contribution in [0.25, 0.3) is 0 Å². The fraction of sp³-hybridized carbons (Fsp3) is 0.635. The Morgan fingerprint density at radius 3 is 1.00 bits per heavy atom. The molecule has 0 aromatic rings. The van der Waals surface area contributed by atoms with E-state index in [4.69, 9.17) is 14.2 Å². The van der Waals surface area contributed by atoms with Crippen LogP contribution in [0.2, 0.25) is 0 Å². The predicted octanol–water partition coefficient (Wildman–Crippen LogP) is 15.0. The molecule has 0 heterocycles. The van der Waals surface area contributed by atoms with Gasteiger partial charge in [0.2, 0.25) is 0 Å². The Kier molecular flexibility index (Phi) is 43.1. The van der Waals surface area contributed by atoms with Gasteiger partial charge in [-0.25, -0.2) is 0 Å². The number of hydrogen-bond donors (Lipinski definition) is 0. The number of unbranched alkanes of at least 4 members (excludes halogenated alkanes) is 13. The standard InChI is InChI=1S/C52H84O6/c1-4-7-10-13-16-19-22-25-27-30-33-36-39-42-45-51(54)57-48-49(47-56-50(53)44-41-38-35-32-29-24-21-18-15-12-9-6-3)58-52(55)46-43-40-37-34-31-28-26-23-20-17-14-11-8-5-2/h7-12,16-21,25,27,29,32,49H,4-6,13-15,22-24,26,28,30-31,33-48H2,1-3H3/b10-7-,11-8-,12-9-,19-16-,20-17-,21-18-,27-25-,32-29-. The van der Waals surface area contributed by atoms with Crippen molar-refractivity contribution in [3.63, 3.8) is 0 Å². The summed E-state index contributed by atoms with van der Waals surface area (Å²) < 4.78 is 16.7. The Morgan fingerprint density at radius 2 is 0.621 bits per heavy atom. The minimum absolute atomic E-state index is 0.106. The highest BCUT2D eigenvalue weighted by molar-refractivity contribution is 5.71. The van der Waals surface area contributed by atoms with E-state index in [2.05, 4.69) is 118 Å². The minimum atomic E-state index is -0.806. The zero-order chi connectivity index (χ0) is 42.3. The Balaban J connectivity index is 4.50. The van der Waals surface area contributed by atoms with E-state index in [9.17, 15) is 14.4 Å². The fourth-order valence-electron chi connectivity index (χ4n) is 5.92. The minimum Gasteiger partial charge on any atom is -0.462 e. The quantitative estimate of drug-likeness (QED) is 0.0266. The van der Waals surface area contributed by atoms with Gasteiger partial charge in [-0.05, 0) is 109 Å². The van der Waals surface area contributed by atoms with Crippen LogP contribution < -0.4 is 0 Å². The Morgan fingerprint density at radius 1 is 0.345 bits per heavy atom. The molecule has 0 N–H and O–H groups in total. The van der Waals surface area contributed by atoms with Crippen LogP contribution in [-0.4, -0.2) is 37.2 Å². The lowest BCUT2D eigenvalue weighted by molar-refractivity contribution is -0.167. The Labute approximate surface area is 356 Å². The molecule has 0 radical (unpaired) electrons. The van der Waals surface area contributed by atoms with E-state index in [0.29, 0.717) is 19.3 Å². The summed E-state index contributed by atoms with van der Waals surface area (Å²) in [6, 6.07) is 0. The van der Waals surface area contributed by atoms with E-state index in [-0.39, 0.29) is 31.1 Å². The van der Waals surface area contributed by atoms with Crippen LogP contribution >= 0.6 is 0 Å². The van der Waals surface area contributed by atoms with Gasteiger partial charge < -0.3 is 14.2 Å². The molecule has 0 bridgehead atoms. The highest BCUT2D eigenvalue weighted by Crippen LogP contribution is 2.13. The monoisotopic (exact) mass is 805 g/mol. The molecule has 0 saturated carbocycles. The van der Waals surface area contributed by atoms with Gasteiger partial charge in [-0.3, -0.25) is 14.4 Å². The van der Waals surface area contributed by atoms with Gasteiger partial charge in [0.05, 0.1) is 0 Å². The van der Waals surface area contributed by atoms with E-state index in [0.717, 1.165) is 128 Å². The molecular formula is C52H84O6. The zero-order valence-electron chi connectivity index (χ0n) is 37.3. The average Bonchev–Trinajstić information content (AvgIpc) is 3.22. The lowest BCUT2D eigenvalue weighted by atomic mass is 10.1. The SMILES string of the molecule is CC/C=C\C/C=C\C/C=C\CCCCCCC(=O)OCC(COC(=O)CCCC/C=C\C/C=C\C/C=C\CC)OC(=O)CCCCCCCCC/C=C\C/C=C\CC. The van der Waals surface area contributed by atoms with Crippen LogP contribution in [-0.2, 0) is 28.6 Å². The number of carbonyl (C=O) groups excluding carboxylic acids is 3. The summed E-state index contributed by atoms with van der Waals surface area (Å²) >= 11 is 0. The highest BCUT2D eigenvalue weighted by atomic mass is 16.6. The molecule has 1 unspecified atom stereocenters. The predicted molar refractivity (Wildman–Crippen MR) is 247 cm³/mol. The van der Waals surface area contributed by atoms with Crippen LogP contribution in [0.4, 0.5) is 0 Å². The third kappa shape index (κ3) is 43.5. The fourth-order valence-corrected chi connectivity index (χ4v) is 5.92. The van der Waals surface area contributed by atoms with Crippen LogP contribution in [0, 0.1) is 0 Å². The summed E-state index contributed by atoms with van der Waals surface area (Å²) in [4.78, 5) is 37.8. The summed E-state index contributed by atoms with van der Waals surface area (Å²) in [7, 11) is 0. The lowest BCUT2D eigenvalue weighted by Gasteiger charge is -2.18. The van der Waals surface area contributed by atoms with Crippen LogP contribution in [0.5, 0.6) is 0 Å². The molecular weight excluding hydrogens is 721 g/mol. The molecule has 0 aromatic carbocycles. The van der Waals surface area contributed by atoms with Gasteiger partial charge >= 0.3 is 17.9 Å². The number of allylic oxidation sites excluding steroid dienone is 16. The van der Waals surface area contributed by atoms with Crippen molar-refractivity contribution >= 4 is 17.9 Å². The molecule has 0 spiro atoms. The number of ether oxygens (including phenoxy) is 3. The molecule has 0 aliphatic rings. The van der Waals surface area contributed by atoms with Crippen molar-refractivity contribution < 1.29 is 28.6 Å². The molecule has 0 aliphatic carbocycles. The number of esters is 3. The lowest BCUT2D eigenvalue weighted by Crippen LogP contribution is -2.30. The third-order valence-electron chi connectivity index (χ3n) is 9.31. The van der Waals surface area contributed by atoms with Crippen molar-refractivity contribution in [3.8, 4) is 0 Å². The molecule has 328 valence electrons. The summed E-state index contributed by atoms with van der Waals surface area (Å²) in [6.07, 6.45) is 59.6. The first-order valence-electron chi connectivity index (χ1n) is 23.2. The van der Waals surface area contributed by atoms with Gasteiger partial charge in [0, 0.05) is 19.3 Å². The summed E-state index contributed by atoms with van der Waals surface area (Å²) in [5.41, 5.74) is 0. The smallest absolute Gasteiger partial charge is 0.306 e.